The van der Waals surface area contributed by atoms with E-state index in [1.54, 1.807) is 40.1 Å². The van der Waals surface area contributed by atoms with Crippen LogP contribution >= 0.6 is 0 Å². The Morgan fingerprint density at radius 2 is 1.57 bits per heavy atom. The molecule has 0 saturated carbocycles. The molecule has 2 aliphatic heterocycles. The molecular formula is C20H20N4O4. The molecule has 1 aromatic carbocycles. The number of anilines is 1. The van der Waals surface area contributed by atoms with Gasteiger partial charge in [0.1, 0.15) is 5.70 Å². The lowest BCUT2D eigenvalue weighted by Crippen LogP contribution is -2.54. The zero-order valence-corrected chi connectivity index (χ0v) is 15.2. The van der Waals surface area contributed by atoms with Gasteiger partial charge in [0.2, 0.25) is 5.91 Å². The molecule has 8 heteroatoms. The van der Waals surface area contributed by atoms with Gasteiger partial charge in [0, 0.05) is 32.6 Å². The highest BCUT2D eigenvalue weighted by Crippen LogP contribution is 2.18. The van der Waals surface area contributed by atoms with Gasteiger partial charge >= 0.3 is 0 Å². The third-order valence-electron chi connectivity index (χ3n) is 4.79. The molecule has 3 heterocycles. The fourth-order valence-corrected chi connectivity index (χ4v) is 3.27. The molecule has 1 N–H and O–H groups in total. The Morgan fingerprint density at radius 3 is 2.21 bits per heavy atom. The predicted octanol–water partition coefficient (Wildman–Crippen LogP) is 1.39. The van der Waals surface area contributed by atoms with Crippen molar-refractivity contribution < 1.29 is 18.8 Å². The van der Waals surface area contributed by atoms with Gasteiger partial charge in [-0.3, -0.25) is 19.8 Å². The highest BCUT2D eigenvalue weighted by molar-refractivity contribution is 6.01. The topological polar surface area (TPSA) is 86.1 Å². The molecule has 0 bridgehead atoms. The Balaban J connectivity index is 1.39. The number of carbonyl (C=O) groups excluding carboxylic acids is 3. The van der Waals surface area contributed by atoms with E-state index in [1.165, 1.54) is 11.3 Å². The van der Waals surface area contributed by atoms with Crippen LogP contribution < -0.4 is 10.4 Å². The van der Waals surface area contributed by atoms with Gasteiger partial charge in [-0.15, -0.1) is 0 Å². The molecule has 1 fully saturated rings. The van der Waals surface area contributed by atoms with Gasteiger partial charge < -0.3 is 14.2 Å². The van der Waals surface area contributed by atoms with Crippen molar-refractivity contribution >= 4 is 23.4 Å². The Hall–Kier alpha value is -3.55. The first-order valence-corrected chi connectivity index (χ1v) is 9.10. The van der Waals surface area contributed by atoms with E-state index in [-0.39, 0.29) is 24.1 Å². The van der Waals surface area contributed by atoms with E-state index in [4.69, 9.17) is 4.42 Å². The molecule has 0 unspecified atom stereocenters. The molecule has 3 amide bonds. The SMILES string of the molecule is O=C(C1=CCC(=O)N(c2ccccc2)N1)N1CCN(C(=O)c2ccco2)CC1. The maximum Gasteiger partial charge on any atom is 0.289 e. The number of hydrogen-bond acceptors (Lipinski definition) is 5. The molecule has 2 aromatic rings. The van der Waals surface area contributed by atoms with Crippen molar-refractivity contribution in [2.75, 3.05) is 31.2 Å². The van der Waals surface area contributed by atoms with E-state index in [2.05, 4.69) is 5.43 Å². The van der Waals surface area contributed by atoms with Crippen LogP contribution in [0.25, 0.3) is 0 Å². The maximum absolute atomic E-state index is 12.9. The molecule has 1 aromatic heterocycles. The first kappa shape index (κ1) is 17.8. The smallest absolute Gasteiger partial charge is 0.289 e. The molecule has 4 rings (SSSR count). The van der Waals surface area contributed by atoms with Gasteiger partial charge in [0.25, 0.3) is 11.8 Å². The van der Waals surface area contributed by atoms with Gasteiger partial charge in [-0.1, -0.05) is 18.2 Å². The highest BCUT2D eigenvalue weighted by Gasteiger charge is 2.30. The van der Waals surface area contributed by atoms with Crippen LogP contribution in [0, 0.1) is 0 Å². The molecule has 1 saturated heterocycles. The molecule has 144 valence electrons. The highest BCUT2D eigenvalue weighted by atomic mass is 16.3. The Labute approximate surface area is 162 Å². The van der Waals surface area contributed by atoms with Crippen LogP contribution in [0.1, 0.15) is 17.0 Å². The van der Waals surface area contributed by atoms with Gasteiger partial charge in [-0.2, -0.15) is 0 Å². The second-order valence-electron chi connectivity index (χ2n) is 6.56. The van der Waals surface area contributed by atoms with Crippen LogP contribution in [0.2, 0.25) is 0 Å². The average molecular weight is 380 g/mol. The van der Waals surface area contributed by atoms with Crippen molar-refractivity contribution in [2.45, 2.75) is 6.42 Å². The van der Waals surface area contributed by atoms with Crippen LogP contribution in [0.3, 0.4) is 0 Å². The molecule has 28 heavy (non-hydrogen) atoms. The molecule has 0 aliphatic carbocycles. The summed E-state index contributed by atoms with van der Waals surface area (Å²) in [6, 6.07) is 12.4. The first-order valence-electron chi connectivity index (χ1n) is 9.10. The minimum atomic E-state index is -0.182. The summed E-state index contributed by atoms with van der Waals surface area (Å²) < 4.78 is 5.15. The van der Waals surface area contributed by atoms with Crippen LogP contribution in [0.5, 0.6) is 0 Å². The largest absolute Gasteiger partial charge is 0.459 e. The molecule has 8 nitrogen and oxygen atoms in total. The number of para-hydroxylation sites is 1. The summed E-state index contributed by atoms with van der Waals surface area (Å²) in [6.07, 6.45) is 3.23. The zero-order chi connectivity index (χ0) is 19.5. The minimum Gasteiger partial charge on any atom is -0.459 e. The lowest BCUT2D eigenvalue weighted by Gasteiger charge is -2.36. The van der Waals surface area contributed by atoms with E-state index in [9.17, 15) is 14.4 Å². The van der Waals surface area contributed by atoms with Crippen molar-refractivity contribution in [3.8, 4) is 0 Å². The van der Waals surface area contributed by atoms with Crippen molar-refractivity contribution in [3.05, 3.63) is 66.3 Å². The molecule has 0 spiro atoms. The number of carbonyl (C=O) groups is 3. The fourth-order valence-electron chi connectivity index (χ4n) is 3.27. The summed E-state index contributed by atoms with van der Waals surface area (Å²) in [5.41, 5.74) is 3.98. The van der Waals surface area contributed by atoms with Crippen LogP contribution in [-0.2, 0) is 9.59 Å². The van der Waals surface area contributed by atoms with Crippen LogP contribution in [0.4, 0.5) is 5.69 Å². The quantitative estimate of drug-likeness (QED) is 0.870. The van der Waals surface area contributed by atoms with Crippen molar-refractivity contribution in [1.29, 1.82) is 0 Å². The maximum atomic E-state index is 12.9. The number of nitrogens with one attached hydrogen (secondary N) is 1. The van der Waals surface area contributed by atoms with Crippen molar-refractivity contribution in [2.24, 2.45) is 0 Å². The second kappa shape index (κ2) is 7.59. The lowest BCUT2D eigenvalue weighted by atomic mass is 10.2. The van der Waals surface area contributed by atoms with E-state index in [1.807, 2.05) is 18.2 Å². The molecular weight excluding hydrogens is 360 g/mol. The van der Waals surface area contributed by atoms with Crippen LogP contribution in [-0.4, -0.2) is 53.7 Å². The second-order valence-corrected chi connectivity index (χ2v) is 6.56. The molecule has 2 aliphatic rings. The summed E-state index contributed by atoms with van der Waals surface area (Å²) in [5.74, 6) is -0.184. The fraction of sp³-hybridized carbons (Fsp3) is 0.250. The first-order chi connectivity index (χ1) is 13.6. The van der Waals surface area contributed by atoms with Crippen molar-refractivity contribution in [3.63, 3.8) is 0 Å². The standard InChI is InChI=1S/C20H20N4O4/c25-18-9-8-16(21-24(18)15-5-2-1-3-6-15)19(26)22-10-12-23(13-11-22)20(27)17-7-4-14-28-17/h1-8,14,21H,9-13H2. The number of hydrogen-bond donors (Lipinski definition) is 1. The Morgan fingerprint density at radius 1 is 0.893 bits per heavy atom. The average Bonchev–Trinajstić information content (AvgIpc) is 3.29. The predicted molar refractivity (Wildman–Crippen MR) is 101 cm³/mol. The Bertz CT molecular complexity index is 900. The number of rotatable bonds is 3. The van der Waals surface area contributed by atoms with E-state index >= 15 is 0 Å². The number of piperazine rings is 1. The summed E-state index contributed by atoms with van der Waals surface area (Å²) in [5, 5.41) is 1.39. The van der Waals surface area contributed by atoms with E-state index in [0.29, 0.717) is 43.3 Å². The van der Waals surface area contributed by atoms with Gasteiger partial charge in [-0.05, 0) is 30.3 Å². The van der Waals surface area contributed by atoms with Gasteiger partial charge in [0.15, 0.2) is 5.76 Å². The van der Waals surface area contributed by atoms with E-state index < -0.39 is 0 Å². The van der Waals surface area contributed by atoms with Crippen molar-refractivity contribution in [1.82, 2.24) is 15.2 Å². The number of hydrazine groups is 1. The summed E-state index contributed by atoms with van der Waals surface area (Å²) >= 11 is 0. The van der Waals surface area contributed by atoms with Gasteiger partial charge in [-0.25, -0.2) is 5.01 Å². The lowest BCUT2D eigenvalue weighted by molar-refractivity contribution is -0.129. The molecule has 0 atom stereocenters. The number of furan rings is 1. The summed E-state index contributed by atoms with van der Waals surface area (Å²) in [6.45, 7) is 1.70. The van der Waals surface area contributed by atoms with Gasteiger partial charge in [0.05, 0.1) is 12.0 Å². The minimum absolute atomic E-state index is 0.128. The number of nitrogens with zero attached hydrogens (tertiary/aromatic N) is 3. The monoisotopic (exact) mass is 380 g/mol. The summed E-state index contributed by atoms with van der Waals surface area (Å²) in [7, 11) is 0. The third kappa shape index (κ3) is 3.48. The summed E-state index contributed by atoms with van der Waals surface area (Å²) in [4.78, 5) is 40.8. The number of amides is 3. The third-order valence-corrected chi connectivity index (χ3v) is 4.79. The normalized spacial score (nSPS) is 17.2. The molecule has 0 radical (unpaired) electrons. The van der Waals surface area contributed by atoms with E-state index in [0.717, 1.165) is 0 Å². The zero-order valence-electron chi connectivity index (χ0n) is 15.2. The Kier molecular flexibility index (Phi) is 4.84. The number of benzene rings is 1. The van der Waals surface area contributed by atoms with Crippen LogP contribution in [0.15, 0.2) is 64.9 Å².